The zero-order chi connectivity index (χ0) is 26.8. The summed E-state index contributed by atoms with van der Waals surface area (Å²) in [6.07, 6.45) is -1.22. The minimum atomic E-state index is -4.58. The highest BCUT2D eigenvalue weighted by Crippen LogP contribution is 2.29. The normalized spacial score (nSPS) is 11.2. The van der Waals surface area contributed by atoms with Crippen LogP contribution in [0.2, 0.25) is 0 Å². The van der Waals surface area contributed by atoms with Crippen molar-refractivity contribution in [3.8, 4) is 0 Å². The summed E-state index contributed by atoms with van der Waals surface area (Å²) >= 11 is 0. The number of nitrogens with zero attached hydrogens (tertiary/aromatic N) is 3. The van der Waals surface area contributed by atoms with Crippen LogP contribution in [0.4, 0.5) is 13.2 Å². The average molecular weight is 514 g/mol. The van der Waals surface area contributed by atoms with Crippen molar-refractivity contribution in [3.05, 3.63) is 108 Å². The number of hydrogen-bond donors (Lipinski definition) is 0. The molecule has 0 aliphatic carbocycles. The summed E-state index contributed by atoms with van der Waals surface area (Å²) in [6.45, 7) is 4.79. The van der Waals surface area contributed by atoms with E-state index >= 15 is 0 Å². The highest BCUT2D eigenvalue weighted by atomic mass is 19.4. The Bertz CT molecular complexity index is 1190. The Balaban J connectivity index is 1.77. The van der Waals surface area contributed by atoms with Crippen LogP contribution in [0.5, 0.6) is 0 Å². The number of aromatic nitrogens is 1. The molecular formula is C28H30F3N3O3. The Hall–Kier alpha value is -3.85. The fourth-order valence-electron chi connectivity index (χ4n) is 3.87. The van der Waals surface area contributed by atoms with Gasteiger partial charge >= 0.3 is 6.18 Å². The van der Waals surface area contributed by atoms with Gasteiger partial charge in [0.15, 0.2) is 0 Å². The van der Waals surface area contributed by atoms with Crippen molar-refractivity contribution in [1.29, 1.82) is 0 Å². The third-order valence-electron chi connectivity index (χ3n) is 5.79. The summed E-state index contributed by atoms with van der Waals surface area (Å²) in [5.74, 6) is -1.04. The first-order valence-electron chi connectivity index (χ1n) is 11.7. The molecule has 0 bridgehead atoms. The van der Waals surface area contributed by atoms with Crippen LogP contribution in [0.3, 0.4) is 0 Å². The minimum Gasteiger partial charge on any atom is -0.383 e. The first-order chi connectivity index (χ1) is 17.7. The maximum Gasteiger partial charge on any atom is 0.416 e. The highest BCUT2D eigenvalue weighted by molar-refractivity contribution is 5.96. The highest BCUT2D eigenvalue weighted by Gasteiger charge is 2.31. The molecule has 0 unspecified atom stereocenters. The largest absolute Gasteiger partial charge is 0.416 e. The first kappa shape index (κ1) is 27.7. The van der Waals surface area contributed by atoms with Crippen molar-refractivity contribution in [2.45, 2.75) is 19.3 Å². The summed E-state index contributed by atoms with van der Waals surface area (Å²) in [4.78, 5) is 29.2. The number of amides is 2. The third kappa shape index (κ3) is 7.82. The van der Waals surface area contributed by atoms with Crippen LogP contribution in [0.1, 0.15) is 27.2 Å². The van der Waals surface area contributed by atoms with Gasteiger partial charge in [-0.05, 0) is 35.9 Å². The number of methoxy groups -OCH3 is 1. The molecule has 1 heterocycles. The predicted octanol–water partition coefficient (Wildman–Crippen LogP) is 4.86. The molecule has 0 atom stereocenters. The van der Waals surface area contributed by atoms with Crippen molar-refractivity contribution in [1.82, 2.24) is 14.4 Å². The molecule has 0 radical (unpaired) electrons. The van der Waals surface area contributed by atoms with Crippen molar-refractivity contribution in [2.24, 2.45) is 0 Å². The first-order valence-corrected chi connectivity index (χ1v) is 11.7. The van der Waals surface area contributed by atoms with E-state index < -0.39 is 17.6 Å². The molecule has 9 heteroatoms. The molecule has 0 aliphatic heterocycles. The van der Waals surface area contributed by atoms with Crippen LogP contribution in [0, 0.1) is 0 Å². The van der Waals surface area contributed by atoms with Crippen LogP contribution >= 0.6 is 0 Å². The molecule has 3 rings (SSSR count). The monoisotopic (exact) mass is 513 g/mol. The molecule has 37 heavy (non-hydrogen) atoms. The second kappa shape index (κ2) is 12.9. The summed E-state index contributed by atoms with van der Waals surface area (Å²) in [5.41, 5.74) is 0.931. The van der Waals surface area contributed by atoms with E-state index in [-0.39, 0.29) is 44.3 Å². The number of benzene rings is 2. The van der Waals surface area contributed by atoms with Gasteiger partial charge in [0.1, 0.15) is 6.54 Å². The zero-order valence-corrected chi connectivity index (χ0v) is 20.7. The van der Waals surface area contributed by atoms with E-state index in [4.69, 9.17) is 4.74 Å². The Labute approximate surface area is 214 Å². The maximum absolute atomic E-state index is 13.3. The van der Waals surface area contributed by atoms with E-state index in [2.05, 4.69) is 6.58 Å². The number of ether oxygens (including phenoxy) is 1. The lowest BCUT2D eigenvalue weighted by Gasteiger charge is -2.27. The van der Waals surface area contributed by atoms with Gasteiger partial charge < -0.3 is 19.1 Å². The average Bonchev–Trinajstić information content (AvgIpc) is 3.32. The summed E-state index contributed by atoms with van der Waals surface area (Å²) in [6, 6.07) is 17.9. The van der Waals surface area contributed by atoms with Gasteiger partial charge in [-0.25, -0.2) is 0 Å². The molecule has 0 aliphatic rings. The smallest absolute Gasteiger partial charge is 0.383 e. The predicted molar refractivity (Wildman–Crippen MR) is 135 cm³/mol. The van der Waals surface area contributed by atoms with Gasteiger partial charge in [-0.3, -0.25) is 9.59 Å². The van der Waals surface area contributed by atoms with Crippen molar-refractivity contribution in [3.63, 3.8) is 0 Å². The van der Waals surface area contributed by atoms with E-state index in [1.165, 1.54) is 30.2 Å². The number of alkyl halides is 3. The van der Waals surface area contributed by atoms with Crippen LogP contribution in [0.25, 0.3) is 0 Å². The Morgan fingerprint density at radius 3 is 2.46 bits per heavy atom. The molecular weight excluding hydrogens is 483 g/mol. The van der Waals surface area contributed by atoms with E-state index in [1.54, 1.807) is 4.90 Å². The molecule has 0 N–H and O–H groups in total. The number of carbonyl (C=O) groups is 2. The molecule has 196 valence electrons. The summed E-state index contributed by atoms with van der Waals surface area (Å²) < 4.78 is 46.7. The van der Waals surface area contributed by atoms with Crippen molar-refractivity contribution < 1.29 is 27.5 Å². The van der Waals surface area contributed by atoms with Gasteiger partial charge in [0.25, 0.3) is 5.91 Å². The number of halogens is 3. The van der Waals surface area contributed by atoms with Crippen LogP contribution in [-0.4, -0.2) is 59.5 Å². The van der Waals surface area contributed by atoms with E-state index in [0.717, 1.165) is 23.4 Å². The molecule has 1 aromatic heterocycles. The molecule has 0 fully saturated rings. The molecule has 3 aromatic rings. The second-order valence-corrected chi connectivity index (χ2v) is 8.47. The SMILES string of the molecule is C=CCN(CC(=O)N(CCOC)Cc1cccn1Cc1ccccc1)C(=O)c1cccc(C(F)(F)F)c1. The quantitative estimate of drug-likeness (QED) is 0.325. The standard InChI is InChI=1S/C28H30F3N3O3/c1-3-14-34(27(36)23-11-7-12-24(18-23)28(29,30)31)21-26(35)33(16-17-37-2)20-25-13-8-15-32(25)19-22-9-5-4-6-10-22/h3-13,15,18H,1,14,16-17,19-21H2,2H3. The van der Waals surface area contributed by atoms with Gasteiger partial charge in [0, 0.05) is 44.2 Å². The van der Waals surface area contributed by atoms with Gasteiger partial charge in [0.05, 0.1) is 18.7 Å². The van der Waals surface area contributed by atoms with Crippen LogP contribution < -0.4 is 0 Å². The van der Waals surface area contributed by atoms with Gasteiger partial charge in [-0.1, -0.05) is 42.5 Å². The molecule has 0 saturated carbocycles. The van der Waals surface area contributed by atoms with Crippen molar-refractivity contribution >= 4 is 11.8 Å². The Kier molecular flexibility index (Phi) is 9.68. The zero-order valence-electron chi connectivity index (χ0n) is 20.7. The lowest BCUT2D eigenvalue weighted by Crippen LogP contribution is -2.44. The molecule has 0 spiro atoms. The maximum atomic E-state index is 13.3. The molecule has 0 saturated heterocycles. The fourth-order valence-corrected chi connectivity index (χ4v) is 3.87. The van der Waals surface area contributed by atoms with Gasteiger partial charge in [0.2, 0.25) is 5.91 Å². The lowest BCUT2D eigenvalue weighted by molar-refractivity contribution is -0.137. The summed E-state index contributed by atoms with van der Waals surface area (Å²) in [5, 5.41) is 0. The second-order valence-electron chi connectivity index (χ2n) is 8.47. The third-order valence-corrected chi connectivity index (χ3v) is 5.79. The topological polar surface area (TPSA) is 54.8 Å². The fraction of sp³-hybridized carbons (Fsp3) is 0.286. The Morgan fingerprint density at radius 1 is 1.03 bits per heavy atom. The van der Waals surface area contributed by atoms with Crippen molar-refractivity contribution in [2.75, 3.05) is 33.4 Å². The minimum absolute atomic E-state index is 0.00329. The number of hydrogen-bond acceptors (Lipinski definition) is 3. The van der Waals surface area contributed by atoms with E-state index in [9.17, 15) is 22.8 Å². The van der Waals surface area contributed by atoms with E-state index in [0.29, 0.717) is 6.54 Å². The van der Waals surface area contributed by atoms with Crippen LogP contribution in [-0.2, 0) is 28.8 Å². The van der Waals surface area contributed by atoms with Gasteiger partial charge in [-0.15, -0.1) is 6.58 Å². The summed E-state index contributed by atoms with van der Waals surface area (Å²) in [7, 11) is 1.53. The molecule has 6 nitrogen and oxygen atoms in total. The Morgan fingerprint density at radius 2 is 1.78 bits per heavy atom. The van der Waals surface area contributed by atoms with Crippen LogP contribution in [0.15, 0.2) is 85.6 Å². The molecule has 2 amide bonds. The number of carbonyl (C=O) groups excluding carboxylic acids is 2. The number of rotatable bonds is 12. The van der Waals surface area contributed by atoms with E-state index in [1.807, 2.05) is 53.2 Å². The van der Waals surface area contributed by atoms with Gasteiger partial charge in [-0.2, -0.15) is 13.2 Å². The molecule has 2 aromatic carbocycles. The lowest BCUT2D eigenvalue weighted by atomic mass is 10.1.